The molecule has 0 amide bonds. The van der Waals surface area contributed by atoms with Gasteiger partial charge in [-0.1, -0.05) is 30.3 Å². The van der Waals surface area contributed by atoms with E-state index in [9.17, 15) is 0 Å². The Morgan fingerprint density at radius 2 is 2.10 bits per heavy atom. The van der Waals surface area contributed by atoms with E-state index >= 15 is 0 Å². The summed E-state index contributed by atoms with van der Waals surface area (Å²) in [6, 6.07) is 16.7. The van der Waals surface area contributed by atoms with Gasteiger partial charge in [0.25, 0.3) is 0 Å². The highest BCUT2D eigenvalue weighted by Gasteiger charge is 2.22. The van der Waals surface area contributed by atoms with Crippen LogP contribution in [-0.4, -0.2) is 29.0 Å². The molecule has 2 aromatic rings. The number of anilines is 1. The lowest BCUT2D eigenvalue weighted by atomic mass is 10.2. The van der Waals surface area contributed by atoms with Gasteiger partial charge in [0.05, 0.1) is 11.9 Å². The molecule has 0 radical (unpaired) electrons. The van der Waals surface area contributed by atoms with Crippen molar-refractivity contribution in [3.8, 4) is 6.07 Å². The number of likely N-dealkylation sites (tertiary alicyclic amines) is 1. The topological polar surface area (TPSA) is 52.0 Å². The number of hydrogen-bond donors (Lipinski definition) is 1. The number of benzene rings is 1. The Morgan fingerprint density at radius 1 is 1.24 bits per heavy atom. The summed E-state index contributed by atoms with van der Waals surface area (Å²) in [5.41, 5.74) is 2.80. The molecular weight excluding hydrogens is 260 g/mol. The first-order chi connectivity index (χ1) is 10.3. The van der Waals surface area contributed by atoms with Crippen molar-refractivity contribution in [2.45, 2.75) is 19.0 Å². The molecule has 2 heterocycles. The van der Waals surface area contributed by atoms with Crippen LogP contribution in [0.1, 0.15) is 17.7 Å². The van der Waals surface area contributed by atoms with Crippen LogP contribution in [0.15, 0.2) is 48.7 Å². The number of nitrogens with zero attached hydrogens (tertiary/aromatic N) is 3. The lowest BCUT2D eigenvalue weighted by molar-refractivity contribution is 0.328. The van der Waals surface area contributed by atoms with E-state index in [0.717, 1.165) is 31.7 Å². The van der Waals surface area contributed by atoms with E-state index in [1.807, 2.05) is 12.1 Å². The number of nitriles is 1. The zero-order valence-electron chi connectivity index (χ0n) is 11.9. The first-order valence-corrected chi connectivity index (χ1v) is 7.22. The van der Waals surface area contributed by atoms with Gasteiger partial charge >= 0.3 is 0 Å². The molecule has 21 heavy (non-hydrogen) atoms. The van der Waals surface area contributed by atoms with Gasteiger partial charge in [-0.15, -0.1) is 0 Å². The number of nitrogens with one attached hydrogen (secondary N) is 1. The van der Waals surface area contributed by atoms with Crippen LogP contribution in [-0.2, 0) is 6.54 Å². The van der Waals surface area contributed by atoms with Crippen LogP contribution in [0.5, 0.6) is 0 Å². The monoisotopic (exact) mass is 278 g/mol. The zero-order chi connectivity index (χ0) is 14.5. The third-order valence-electron chi connectivity index (χ3n) is 3.77. The Bertz CT molecular complexity index is 615. The maximum absolute atomic E-state index is 8.75. The highest BCUT2D eigenvalue weighted by molar-refractivity contribution is 5.43. The second kappa shape index (κ2) is 6.38. The van der Waals surface area contributed by atoms with E-state index in [-0.39, 0.29) is 0 Å². The first kappa shape index (κ1) is 13.6. The molecule has 0 aliphatic carbocycles. The second-order valence-corrected chi connectivity index (χ2v) is 5.39. The maximum atomic E-state index is 8.75. The summed E-state index contributed by atoms with van der Waals surface area (Å²) in [5, 5.41) is 12.2. The Labute approximate surface area is 125 Å². The summed E-state index contributed by atoms with van der Waals surface area (Å²) < 4.78 is 0. The van der Waals surface area contributed by atoms with Crippen molar-refractivity contribution >= 4 is 5.69 Å². The van der Waals surface area contributed by atoms with E-state index < -0.39 is 0 Å². The highest BCUT2D eigenvalue weighted by Crippen LogP contribution is 2.17. The fraction of sp³-hybridized carbons (Fsp3) is 0.294. The number of pyridine rings is 1. The van der Waals surface area contributed by atoms with Crippen LogP contribution in [0.3, 0.4) is 0 Å². The standard InChI is InChI=1S/C17H18N4/c18-10-15-6-7-16(11-19-15)20-17-8-9-21(13-17)12-14-4-2-1-3-5-14/h1-7,11,17,20H,8-9,12-13H2. The molecule has 4 nitrogen and oxygen atoms in total. The van der Waals surface area contributed by atoms with Crippen LogP contribution in [0, 0.1) is 11.3 Å². The van der Waals surface area contributed by atoms with Gasteiger partial charge in [0.2, 0.25) is 0 Å². The molecule has 1 atom stereocenters. The molecule has 1 aromatic heterocycles. The predicted octanol–water partition coefficient (Wildman–Crippen LogP) is 2.64. The minimum atomic E-state index is 0.448. The molecule has 0 saturated carbocycles. The van der Waals surface area contributed by atoms with Crippen molar-refractivity contribution in [1.29, 1.82) is 5.26 Å². The van der Waals surface area contributed by atoms with Crippen LogP contribution < -0.4 is 5.32 Å². The fourth-order valence-corrected chi connectivity index (χ4v) is 2.72. The lowest BCUT2D eigenvalue weighted by Crippen LogP contribution is -2.26. The van der Waals surface area contributed by atoms with Gasteiger partial charge in [-0.2, -0.15) is 5.26 Å². The van der Waals surface area contributed by atoms with Crippen molar-refractivity contribution in [3.63, 3.8) is 0 Å². The van der Waals surface area contributed by atoms with Crippen molar-refractivity contribution in [3.05, 3.63) is 59.9 Å². The molecule has 1 unspecified atom stereocenters. The molecular formula is C17H18N4. The van der Waals surface area contributed by atoms with Crippen LogP contribution in [0.25, 0.3) is 0 Å². The summed E-state index contributed by atoms with van der Waals surface area (Å²) in [5.74, 6) is 0. The molecule has 1 aliphatic heterocycles. The van der Waals surface area contributed by atoms with E-state index in [0.29, 0.717) is 11.7 Å². The third kappa shape index (κ3) is 3.59. The van der Waals surface area contributed by atoms with Gasteiger partial charge in [-0.3, -0.25) is 4.90 Å². The van der Waals surface area contributed by atoms with Gasteiger partial charge < -0.3 is 5.32 Å². The maximum Gasteiger partial charge on any atom is 0.140 e. The Balaban J connectivity index is 1.53. The second-order valence-electron chi connectivity index (χ2n) is 5.39. The minimum Gasteiger partial charge on any atom is -0.380 e. The molecule has 106 valence electrons. The summed E-state index contributed by atoms with van der Waals surface area (Å²) in [6.07, 6.45) is 2.87. The number of rotatable bonds is 4. The normalized spacial score (nSPS) is 18.3. The average Bonchev–Trinajstić information content (AvgIpc) is 2.96. The highest BCUT2D eigenvalue weighted by atomic mass is 15.2. The van der Waals surface area contributed by atoms with Crippen molar-refractivity contribution in [2.24, 2.45) is 0 Å². The predicted molar refractivity (Wildman–Crippen MR) is 82.7 cm³/mol. The van der Waals surface area contributed by atoms with Gasteiger partial charge in [0.15, 0.2) is 0 Å². The molecule has 4 heteroatoms. The van der Waals surface area contributed by atoms with E-state index in [2.05, 4.69) is 45.5 Å². The van der Waals surface area contributed by atoms with Crippen molar-refractivity contribution in [2.75, 3.05) is 18.4 Å². The third-order valence-corrected chi connectivity index (χ3v) is 3.77. The Morgan fingerprint density at radius 3 is 2.81 bits per heavy atom. The van der Waals surface area contributed by atoms with Crippen LogP contribution in [0.2, 0.25) is 0 Å². The Hall–Kier alpha value is -2.38. The smallest absolute Gasteiger partial charge is 0.140 e. The molecule has 1 N–H and O–H groups in total. The van der Waals surface area contributed by atoms with Crippen LogP contribution >= 0.6 is 0 Å². The van der Waals surface area contributed by atoms with E-state index in [1.165, 1.54) is 5.56 Å². The summed E-state index contributed by atoms with van der Waals surface area (Å²) in [6.45, 7) is 3.15. The molecule has 0 spiro atoms. The van der Waals surface area contributed by atoms with E-state index in [1.54, 1.807) is 12.3 Å². The first-order valence-electron chi connectivity index (χ1n) is 7.22. The summed E-state index contributed by atoms with van der Waals surface area (Å²) >= 11 is 0. The van der Waals surface area contributed by atoms with Gasteiger partial charge in [-0.05, 0) is 24.1 Å². The molecule has 1 saturated heterocycles. The van der Waals surface area contributed by atoms with Crippen molar-refractivity contribution < 1.29 is 0 Å². The lowest BCUT2D eigenvalue weighted by Gasteiger charge is -2.17. The van der Waals surface area contributed by atoms with Gasteiger partial charge in [-0.25, -0.2) is 4.98 Å². The van der Waals surface area contributed by atoms with Gasteiger partial charge in [0.1, 0.15) is 11.8 Å². The van der Waals surface area contributed by atoms with E-state index in [4.69, 9.17) is 5.26 Å². The fourth-order valence-electron chi connectivity index (χ4n) is 2.72. The number of aromatic nitrogens is 1. The van der Waals surface area contributed by atoms with Gasteiger partial charge in [0, 0.05) is 25.7 Å². The SMILES string of the molecule is N#Cc1ccc(NC2CCN(Cc3ccccc3)C2)cn1. The zero-order valence-corrected chi connectivity index (χ0v) is 11.9. The molecule has 1 aliphatic rings. The minimum absolute atomic E-state index is 0.448. The largest absolute Gasteiger partial charge is 0.380 e. The average molecular weight is 278 g/mol. The summed E-state index contributed by atoms with van der Waals surface area (Å²) in [4.78, 5) is 6.55. The number of hydrogen-bond acceptors (Lipinski definition) is 4. The molecule has 1 fully saturated rings. The summed E-state index contributed by atoms with van der Waals surface area (Å²) in [7, 11) is 0. The Kier molecular flexibility index (Phi) is 4.13. The molecule has 1 aromatic carbocycles. The quantitative estimate of drug-likeness (QED) is 0.934. The molecule has 0 bridgehead atoms. The molecule has 3 rings (SSSR count). The van der Waals surface area contributed by atoms with Crippen molar-refractivity contribution in [1.82, 2.24) is 9.88 Å². The van der Waals surface area contributed by atoms with Crippen LogP contribution in [0.4, 0.5) is 5.69 Å².